The number of ether oxygens (including phenoxy) is 2. The molecular weight excluding hydrogens is 256 g/mol. The Labute approximate surface area is 120 Å². The van der Waals surface area contributed by atoms with Gasteiger partial charge in [-0.25, -0.2) is 4.79 Å². The highest BCUT2D eigenvalue weighted by Crippen LogP contribution is 2.28. The molecule has 0 aromatic carbocycles. The van der Waals surface area contributed by atoms with Gasteiger partial charge in [0.2, 0.25) is 0 Å². The second-order valence-electron chi connectivity index (χ2n) is 5.51. The van der Waals surface area contributed by atoms with E-state index in [2.05, 4.69) is 0 Å². The van der Waals surface area contributed by atoms with Crippen molar-refractivity contribution >= 4 is 11.9 Å². The van der Waals surface area contributed by atoms with E-state index in [-0.39, 0.29) is 18.2 Å². The van der Waals surface area contributed by atoms with Crippen molar-refractivity contribution in [3.63, 3.8) is 0 Å². The molecule has 0 aromatic rings. The minimum absolute atomic E-state index is 0.205. The summed E-state index contributed by atoms with van der Waals surface area (Å²) in [6.45, 7) is 8.85. The third kappa shape index (κ3) is 4.37. The van der Waals surface area contributed by atoms with Crippen LogP contribution in [0.1, 0.15) is 34.6 Å². The van der Waals surface area contributed by atoms with Crippen LogP contribution in [0.15, 0.2) is 36.0 Å². The molecule has 0 radical (unpaired) electrons. The summed E-state index contributed by atoms with van der Waals surface area (Å²) in [7, 11) is 0. The Kier molecular flexibility index (Phi) is 5.31. The summed E-state index contributed by atoms with van der Waals surface area (Å²) in [5.74, 6) is -0.828. The number of carbonyl (C=O) groups excluding carboxylic acids is 2. The molecule has 0 saturated carbocycles. The molecule has 20 heavy (non-hydrogen) atoms. The Hall–Kier alpha value is -1.84. The average molecular weight is 278 g/mol. The first-order valence-corrected chi connectivity index (χ1v) is 6.75. The number of esters is 2. The van der Waals surface area contributed by atoms with E-state index in [1.165, 1.54) is 0 Å². The molecule has 0 fully saturated rings. The summed E-state index contributed by atoms with van der Waals surface area (Å²) in [5.41, 5.74) is -0.619. The number of allylic oxidation sites excluding steroid dienone is 2. The van der Waals surface area contributed by atoms with E-state index in [0.717, 1.165) is 0 Å². The zero-order valence-electron chi connectivity index (χ0n) is 12.7. The van der Waals surface area contributed by atoms with Crippen LogP contribution < -0.4 is 0 Å². The molecule has 1 unspecified atom stereocenters. The summed E-state index contributed by atoms with van der Waals surface area (Å²) in [4.78, 5) is 24.1. The zero-order valence-corrected chi connectivity index (χ0v) is 12.7. The van der Waals surface area contributed by atoms with Crippen molar-refractivity contribution < 1.29 is 19.1 Å². The lowest BCUT2D eigenvalue weighted by atomic mass is 9.88. The van der Waals surface area contributed by atoms with Gasteiger partial charge in [-0.15, -0.1) is 0 Å². The van der Waals surface area contributed by atoms with Gasteiger partial charge in [0.1, 0.15) is 5.41 Å². The fourth-order valence-corrected chi connectivity index (χ4v) is 1.71. The van der Waals surface area contributed by atoms with Crippen LogP contribution in [0, 0.1) is 5.41 Å². The Morgan fingerprint density at radius 1 is 1.05 bits per heavy atom. The van der Waals surface area contributed by atoms with E-state index in [0.29, 0.717) is 5.57 Å². The van der Waals surface area contributed by atoms with Crippen LogP contribution in [0.5, 0.6) is 0 Å². The van der Waals surface area contributed by atoms with Crippen molar-refractivity contribution in [3.8, 4) is 0 Å². The largest absolute Gasteiger partial charge is 0.462 e. The summed E-state index contributed by atoms with van der Waals surface area (Å²) in [6, 6.07) is 0. The molecule has 1 aliphatic rings. The van der Waals surface area contributed by atoms with E-state index in [9.17, 15) is 9.59 Å². The number of rotatable bonds is 4. The second kappa shape index (κ2) is 6.55. The van der Waals surface area contributed by atoms with Gasteiger partial charge in [-0.2, -0.15) is 0 Å². The minimum Gasteiger partial charge on any atom is -0.462 e. The van der Waals surface area contributed by atoms with Crippen LogP contribution in [-0.2, 0) is 19.1 Å². The third-order valence-corrected chi connectivity index (χ3v) is 2.65. The van der Waals surface area contributed by atoms with Crippen LogP contribution in [-0.4, -0.2) is 24.1 Å². The molecular formula is C16H22O4. The highest BCUT2D eigenvalue weighted by atomic mass is 16.5. The predicted octanol–water partition coefficient (Wildman–Crippen LogP) is 2.95. The molecule has 1 rings (SSSR count). The van der Waals surface area contributed by atoms with Crippen LogP contribution >= 0.6 is 0 Å². The summed E-state index contributed by atoms with van der Waals surface area (Å²) >= 11 is 0. The quantitative estimate of drug-likeness (QED) is 0.742. The number of hydrogen-bond acceptors (Lipinski definition) is 4. The summed E-state index contributed by atoms with van der Waals surface area (Å²) in [6.07, 6.45) is 7.96. The Bertz CT molecular complexity index is 469. The van der Waals surface area contributed by atoms with Crippen molar-refractivity contribution in [1.82, 2.24) is 0 Å². The van der Waals surface area contributed by atoms with E-state index in [1.54, 1.807) is 65.0 Å². The molecule has 0 saturated heterocycles. The molecule has 4 heteroatoms. The molecule has 0 spiro atoms. The van der Waals surface area contributed by atoms with Gasteiger partial charge >= 0.3 is 11.9 Å². The standard InChI is InChI=1S/C16H22O4/c1-11(2)19-14(17)13-8-6-7-9-16(5,10-13)15(18)20-12(3)4/h6-12H,1-5H3. The van der Waals surface area contributed by atoms with Gasteiger partial charge in [-0.1, -0.05) is 18.2 Å². The van der Waals surface area contributed by atoms with Crippen LogP contribution in [0.25, 0.3) is 0 Å². The molecule has 0 amide bonds. The maximum absolute atomic E-state index is 12.2. The average Bonchev–Trinajstić information content (AvgIpc) is 2.50. The van der Waals surface area contributed by atoms with Crippen molar-refractivity contribution in [3.05, 3.63) is 36.0 Å². The molecule has 1 aliphatic carbocycles. The third-order valence-electron chi connectivity index (χ3n) is 2.65. The fraction of sp³-hybridized carbons (Fsp3) is 0.500. The SMILES string of the molecule is CC(C)OC(=O)C1=CC(C)(C(=O)OC(C)C)C=CC=C1. The van der Waals surface area contributed by atoms with E-state index < -0.39 is 11.4 Å². The summed E-state index contributed by atoms with van der Waals surface area (Å²) < 4.78 is 10.4. The smallest absolute Gasteiger partial charge is 0.338 e. The van der Waals surface area contributed by atoms with Gasteiger partial charge in [0.25, 0.3) is 0 Å². The second-order valence-corrected chi connectivity index (χ2v) is 5.51. The van der Waals surface area contributed by atoms with Gasteiger partial charge in [0, 0.05) is 0 Å². The highest BCUT2D eigenvalue weighted by Gasteiger charge is 2.32. The van der Waals surface area contributed by atoms with Crippen LogP contribution in [0.3, 0.4) is 0 Å². The lowest BCUT2D eigenvalue weighted by Crippen LogP contribution is -2.29. The van der Waals surface area contributed by atoms with Gasteiger partial charge in [0.15, 0.2) is 0 Å². The molecule has 0 aliphatic heterocycles. The first-order chi connectivity index (χ1) is 9.24. The lowest BCUT2D eigenvalue weighted by molar-refractivity contribution is -0.153. The van der Waals surface area contributed by atoms with E-state index in [1.807, 2.05) is 0 Å². The zero-order chi connectivity index (χ0) is 15.3. The van der Waals surface area contributed by atoms with Gasteiger partial charge < -0.3 is 9.47 Å². The number of carbonyl (C=O) groups is 2. The van der Waals surface area contributed by atoms with Crippen LogP contribution in [0.2, 0.25) is 0 Å². The van der Waals surface area contributed by atoms with Crippen LogP contribution in [0.4, 0.5) is 0 Å². The molecule has 0 aromatic heterocycles. The summed E-state index contributed by atoms with van der Waals surface area (Å²) in [5, 5.41) is 0. The maximum Gasteiger partial charge on any atom is 0.338 e. The molecule has 0 N–H and O–H groups in total. The van der Waals surface area contributed by atoms with Crippen molar-refractivity contribution in [2.24, 2.45) is 5.41 Å². The Morgan fingerprint density at radius 2 is 1.65 bits per heavy atom. The topological polar surface area (TPSA) is 52.6 Å². The Morgan fingerprint density at radius 3 is 2.20 bits per heavy atom. The molecule has 4 nitrogen and oxygen atoms in total. The van der Waals surface area contributed by atoms with Gasteiger partial charge in [-0.3, -0.25) is 4.79 Å². The minimum atomic E-state index is -0.973. The monoisotopic (exact) mass is 278 g/mol. The molecule has 0 bridgehead atoms. The van der Waals surface area contributed by atoms with Gasteiger partial charge in [-0.05, 0) is 46.8 Å². The van der Waals surface area contributed by atoms with Crippen molar-refractivity contribution in [2.75, 3.05) is 0 Å². The highest BCUT2D eigenvalue weighted by molar-refractivity contribution is 5.94. The van der Waals surface area contributed by atoms with E-state index >= 15 is 0 Å². The number of hydrogen-bond donors (Lipinski definition) is 0. The van der Waals surface area contributed by atoms with Crippen molar-refractivity contribution in [1.29, 1.82) is 0 Å². The normalized spacial score (nSPS) is 21.6. The Balaban J connectivity index is 3.02. The molecule has 0 heterocycles. The lowest BCUT2D eigenvalue weighted by Gasteiger charge is -2.22. The first kappa shape index (κ1) is 16.2. The van der Waals surface area contributed by atoms with Gasteiger partial charge in [0.05, 0.1) is 17.8 Å². The fourth-order valence-electron chi connectivity index (χ4n) is 1.71. The molecule has 1 atom stereocenters. The first-order valence-electron chi connectivity index (χ1n) is 6.75. The molecule has 110 valence electrons. The predicted molar refractivity (Wildman–Crippen MR) is 76.9 cm³/mol. The van der Waals surface area contributed by atoms with E-state index in [4.69, 9.17) is 9.47 Å². The van der Waals surface area contributed by atoms with Crippen molar-refractivity contribution in [2.45, 2.75) is 46.8 Å². The maximum atomic E-state index is 12.2.